The number of hydrogen-bond donors (Lipinski definition) is 2. The molecular weight excluding hydrogens is 217 g/mol. The highest BCUT2D eigenvalue weighted by atomic mass is 31.1. The van der Waals surface area contributed by atoms with Crippen LogP contribution in [0.4, 0.5) is 4.79 Å². The molecule has 15 heavy (non-hydrogen) atoms. The molecule has 1 atom stereocenters. The maximum absolute atomic E-state index is 11.2. The monoisotopic (exact) mass is 235 g/mol. The Morgan fingerprint density at radius 2 is 2.13 bits per heavy atom. The predicted octanol–water partition coefficient (Wildman–Crippen LogP) is 1.88. The number of carbonyl (C=O) groups is 1. The topological polar surface area (TPSA) is 75.6 Å². The van der Waals surface area contributed by atoms with Crippen molar-refractivity contribution in [2.45, 2.75) is 33.0 Å². The quantitative estimate of drug-likeness (QED) is 0.576. The van der Waals surface area contributed by atoms with Crippen LogP contribution in [0.5, 0.6) is 0 Å². The molecule has 0 aliphatic heterocycles. The molecule has 1 unspecified atom stereocenters. The Morgan fingerprint density at radius 1 is 1.60 bits per heavy atom. The van der Waals surface area contributed by atoms with Crippen LogP contribution in [0, 0.1) is 0 Å². The van der Waals surface area contributed by atoms with E-state index in [1.54, 1.807) is 0 Å². The molecule has 88 valence electrons. The van der Waals surface area contributed by atoms with Gasteiger partial charge in [-0.3, -0.25) is 4.57 Å². The average molecular weight is 235 g/mol. The summed E-state index contributed by atoms with van der Waals surface area (Å²) in [5.41, 5.74) is 0.987. The Hall–Kier alpha value is -0.800. The zero-order valence-corrected chi connectivity index (χ0v) is 10.5. The number of nitrogens with one attached hydrogen (secondary N) is 1. The fourth-order valence-electron chi connectivity index (χ4n) is 0.625. The minimum absolute atomic E-state index is 0.373. The van der Waals surface area contributed by atoms with Gasteiger partial charge in [0.2, 0.25) is 8.03 Å². The van der Waals surface area contributed by atoms with E-state index in [0.717, 1.165) is 5.57 Å². The Bertz CT molecular complexity index is 286. The van der Waals surface area contributed by atoms with Crippen LogP contribution in [-0.4, -0.2) is 22.9 Å². The van der Waals surface area contributed by atoms with Crippen molar-refractivity contribution in [3.8, 4) is 0 Å². The van der Waals surface area contributed by atoms with Gasteiger partial charge in [0.25, 0.3) is 0 Å². The molecule has 5 nitrogen and oxygen atoms in total. The van der Waals surface area contributed by atoms with Gasteiger partial charge < -0.3 is 14.9 Å². The smallest absolute Gasteiger partial charge is 0.408 e. The van der Waals surface area contributed by atoms with Gasteiger partial charge in [-0.1, -0.05) is 11.6 Å². The van der Waals surface area contributed by atoms with Crippen molar-refractivity contribution in [1.29, 1.82) is 0 Å². The van der Waals surface area contributed by atoms with Gasteiger partial charge in [0, 0.05) is 6.54 Å². The minimum atomic E-state index is -2.90. The third-order valence-corrected chi connectivity index (χ3v) is 3.00. The molecule has 1 amide bonds. The molecule has 0 aromatic rings. The van der Waals surface area contributed by atoms with E-state index in [1.807, 2.05) is 19.9 Å². The zero-order chi connectivity index (χ0) is 12.1. The first-order chi connectivity index (χ1) is 6.79. The van der Waals surface area contributed by atoms with E-state index in [9.17, 15) is 9.36 Å². The van der Waals surface area contributed by atoms with Crippen LogP contribution in [0.3, 0.4) is 0 Å². The predicted molar refractivity (Wildman–Crippen MR) is 59.2 cm³/mol. The van der Waals surface area contributed by atoms with Crippen molar-refractivity contribution < 1.29 is 19.0 Å². The lowest BCUT2D eigenvalue weighted by atomic mass is 10.3. The second kappa shape index (κ2) is 5.93. The highest BCUT2D eigenvalue weighted by molar-refractivity contribution is 7.39. The Labute approximate surface area is 90.4 Å². The zero-order valence-electron chi connectivity index (χ0n) is 9.46. The summed E-state index contributed by atoms with van der Waals surface area (Å²) in [5.74, 6) is 0. The molecule has 0 heterocycles. The lowest BCUT2D eigenvalue weighted by Crippen LogP contribution is -2.33. The molecule has 6 heteroatoms. The fraction of sp³-hybridized carbons (Fsp3) is 0.667. The van der Waals surface area contributed by atoms with Gasteiger partial charge in [-0.2, -0.15) is 0 Å². The van der Waals surface area contributed by atoms with E-state index in [1.165, 1.54) is 13.8 Å². The maximum Gasteiger partial charge on any atom is 0.408 e. The summed E-state index contributed by atoms with van der Waals surface area (Å²) in [6.07, 6.45) is 1.17. The molecule has 0 saturated carbocycles. The second-order valence-electron chi connectivity index (χ2n) is 3.69. The Kier molecular flexibility index (Phi) is 5.61. The molecule has 0 saturated heterocycles. The summed E-state index contributed by atoms with van der Waals surface area (Å²) >= 11 is 0. The van der Waals surface area contributed by atoms with Crippen LogP contribution in [0.25, 0.3) is 0 Å². The molecule has 0 aromatic carbocycles. The number of allylic oxidation sites excluding steroid dienone is 1. The van der Waals surface area contributed by atoms with Crippen LogP contribution in [0.15, 0.2) is 11.6 Å². The summed E-state index contributed by atoms with van der Waals surface area (Å²) in [6.45, 7) is 6.89. The molecule has 0 aliphatic carbocycles. The third-order valence-electron chi connectivity index (χ3n) is 1.87. The van der Waals surface area contributed by atoms with Gasteiger partial charge in [0.05, 0.1) is 0 Å². The first-order valence-electron chi connectivity index (χ1n) is 4.61. The van der Waals surface area contributed by atoms with Crippen molar-refractivity contribution in [1.82, 2.24) is 5.32 Å². The summed E-state index contributed by atoms with van der Waals surface area (Å²) in [5, 5.41) is 1.16. The average Bonchev–Trinajstić information content (AvgIpc) is 2.13. The second-order valence-corrected chi connectivity index (χ2v) is 5.51. The maximum atomic E-state index is 11.2. The molecule has 0 bridgehead atoms. The summed E-state index contributed by atoms with van der Waals surface area (Å²) in [7, 11) is -2.90. The van der Waals surface area contributed by atoms with E-state index in [-0.39, 0.29) is 0 Å². The van der Waals surface area contributed by atoms with Crippen LogP contribution in [0.1, 0.15) is 27.7 Å². The third kappa shape index (κ3) is 5.60. The number of amides is 1. The molecule has 0 radical (unpaired) electrons. The summed E-state index contributed by atoms with van der Waals surface area (Å²) < 4.78 is 15.6. The van der Waals surface area contributed by atoms with E-state index in [0.29, 0.717) is 6.54 Å². The van der Waals surface area contributed by atoms with Crippen molar-refractivity contribution in [3.05, 3.63) is 11.6 Å². The van der Waals surface area contributed by atoms with Crippen LogP contribution >= 0.6 is 8.03 Å². The fourth-order valence-corrected chi connectivity index (χ4v) is 0.805. The summed E-state index contributed by atoms with van der Waals surface area (Å²) in [4.78, 5) is 20.1. The molecule has 0 spiro atoms. The normalized spacial score (nSPS) is 14.6. The van der Waals surface area contributed by atoms with Gasteiger partial charge in [-0.05, 0) is 27.7 Å². The number of ether oxygens (including phenoxy) is 1. The van der Waals surface area contributed by atoms with Crippen molar-refractivity contribution in [2.24, 2.45) is 0 Å². The minimum Gasteiger partial charge on any atom is -0.433 e. The van der Waals surface area contributed by atoms with Gasteiger partial charge >= 0.3 is 6.09 Å². The van der Waals surface area contributed by atoms with Gasteiger partial charge in [0.15, 0.2) is 5.34 Å². The Balaban J connectivity index is 4.10. The van der Waals surface area contributed by atoms with Gasteiger partial charge in [-0.25, -0.2) is 4.79 Å². The van der Waals surface area contributed by atoms with E-state index in [2.05, 4.69) is 5.32 Å². The van der Waals surface area contributed by atoms with Crippen molar-refractivity contribution in [3.63, 3.8) is 0 Å². The molecule has 0 rings (SSSR count). The highest BCUT2D eigenvalue weighted by Crippen LogP contribution is 2.35. The summed E-state index contributed by atoms with van der Waals surface area (Å²) in [6, 6.07) is 0. The van der Waals surface area contributed by atoms with Crippen molar-refractivity contribution in [2.75, 3.05) is 6.54 Å². The number of alkyl carbamates (subject to hydrolysis) is 1. The molecular formula is C9H18NO4P. The Morgan fingerprint density at radius 3 is 2.53 bits per heavy atom. The molecule has 0 aliphatic rings. The standard InChI is InChI=1S/C9H18NO4P/c1-5-7(2)6-10-8(11)14-9(3,4)15(12)13/h5,15H,6H2,1-4H3,(H,10,11)(H,12,13)/b7-5+. The molecule has 0 aromatic heterocycles. The van der Waals surface area contributed by atoms with Gasteiger partial charge in [-0.15, -0.1) is 0 Å². The highest BCUT2D eigenvalue weighted by Gasteiger charge is 2.28. The van der Waals surface area contributed by atoms with E-state index in [4.69, 9.17) is 9.63 Å². The number of hydrogen-bond acceptors (Lipinski definition) is 3. The number of carbonyl (C=O) groups excluding carboxylic acids is 1. The lowest BCUT2D eigenvalue weighted by molar-refractivity contribution is 0.0871. The van der Waals surface area contributed by atoms with Gasteiger partial charge in [0.1, 0.15) is 0 Å². The molecule has 0 fully saturated rings. The lowest BCUT2D eigenvalue weighted by Gasteiger charge is -2.21. The number of rotatable bonds is 4. The van der Waals surface area contributed by atoms with Crippen LogP contribution in [-0.2, 0) is 9.30 Å². The SMILES string of the molecule is C/C=C(\C)CNC(=O)OC(C)(C)[PH](=O)O. The van der Waals surface area contributed by atoms with Crippen LogP contribution < -0.4 is 5.32 Å². The first kappa shape index (κ1) is 14.2. The van der Waals surface area contributed by atoms with Crippen LogP contribution in [0.2, 0.25) is 0 Å². The first-order valence-corrected chi connectivity index (χ1v) is 5.97. The van der Waals surface area contributed by atoms with E-state index < -0.39 is 19.5 Å². The van der Waals surface area contributed by atoms with Crippen molar-refractivity contribution >= 4 is 14.1 Å². The largest absolute Gasteiger partial charge is 0.433 e. The molecule has 2 N–H and O–H groups in total. The van der Waals surface area contributed by atoms with E-state index >= 15 is 0 Å².